The fourth-order valence-electron chi connectivity index (χ4n) is 1.62. The summed E-state index contributed by atoms with van der Waals surface area (Å²) < 4.78 is 1.99. The summed E-state index contributed by atoms with van der Waals surface area (Å²) in [5.74, 6) is 0.934. The van der Waals surface area contributed by atoms with Crippen molar-refractivity contribution in [3.8, 4) is 10.8 Å². The third-order valence-corrected chi connectivity index (χ3v) is 3.84. The normalized spacial score (nSPS) is 12.9. The molecule has 2 aromatic heterocycles. The standard InChI is InChI=1S/C12H18N4S/c1-4-5-13-9(2)10-8-15-12(17-10)11-14-6-7-16(11)3/h6-9,13H,4-5H2,1-3H3. The summed E-state index contributed by atoms with van der Waals surface area (Å²) in [5, 5.41) is 4.45. The molecule has 0 radical (unpaired) electrons. The van der Waals surface area contributed by atoms with Gasteiger partial charge in [-0.25, -0.2) is 9.97 Å². The van der Waals surface area contributed by atoms with Gasteiger partial charge in [-0.3, -0.25) is 0 Å². The van der Waals surface area contributed by atoms with E-state index in [9.17, 15) is 0 Å². The number of aryl methyl sites for hydroxylation is 1. The Kier molecular flexibility index (Phi) is 3.91. The first-order chi connectivity index (χ1) is 8.22. The highest BCUT2D eigenvalue weighted by Gasteiger charge is 2.12. The van der Waals surface area contributed by atoms with E-state index in [1.165, 1.54) is 4.88 Å². The molecule has 2 heterocycles. The third kappa shape index (κ3) is 2.73. The third-order valence-electron chi connectivity index (χ3n) is 2.66. The van der Waals surface area contributed by atoms with Crippen molar-refractivity contribution in [2.24, 2.45) is 7.05 Å². The molecule has 2 rings (SSSR count). The van der Waals surface area contributed by atoms with Gasteiger partial charge >= 0.3 is 0 Å². The van der Waals surface area contributed by atoms with E-state index in [-0.39, 0.29) is 0 Å². The Morgan fingerprint density at radius 3 is 2.94 bits per heavy atom. The van der Waals surface area contributed by atoms with Crippen molar-refractivity contribution >= 4 is 11.3 Å². The molecule has 0 spiro atoms. The Bertz CT molecular complexity index is 474. The van der Waals surface area contributed by atoms with E-state index in [1.54, 1.807) is 17.5 Å². The number of hydrogen-bond donors (Lipinski definition) is 1. The van der Waals surface area contributed by atoms with Gasteiger partial charge in [0.15, 0.2) is 10.8 Å². The predicted octanol–water partition coefficient (Wildman–Crippen LogP) is 2.60. The summed E-state index contributed by atoms with van der Waals surface area (Å²) in [7, 11) is 1.99. The number of imidazole rings is 1. The van der Waals surface area contributed by atoms with Crippen LogP contribution in [-0.4, -0.2) is 21.1 Å². The van der Waals surface area contributed by atoms with Crippen molar-refractivity contribution in [3.05, 3.63) is 23.5 Å². The van der Waals surface area contributed by atoms with E-state index >= 15 is 0 Å². The number of hydrogen-bond acceptors (Lipinski definition) is 4. The molecule has 0 aliphatic carbocycles. The summed E-state index contributed by atoms with van der Waals surface area (Å²) in [4.78, 5) is 10.0. The van der Waals surface area contributed by atoms with Crippen LogP contribution in [0.15, 0.2) is 18.6 Å². The molecule has 5 heteroatoms. The Hall–Kier alpha value is -1.20. The summed E-state index contributed by atoms with van der Waals surface area (Å²) in [5.41, 5.74) is 0. The lowest BCUT2D eigenvalue weighted by Gasteiger charge is -2.09. The molecular weight excluding hydrogens is 232 g/mol. The monoisotopic (exact) mass is 250 g/mol. The van der Waals surface area contributed by atoms with Crippen molar-refractivity contribution in [2.45, 2.75) is 26.3 Å². The lowest BCUT2D eigenvalue weighted by Crippen LogP contribution is -2.18. The Morgan fingerprint density at radius 2 is 2.29 bits per heavy atom. The lowest BCUT2D eigenvalue weighted by molar-refractivity contribution is 0.577. The van der Waals surface area contributed by atoms with Gasteiger partial charge < -0.3 is 9.88 Å². The molecule has 2 aromatic rings. The van der Waals surface area contributed by atoms with Crippen LogP contribution in [0.25, 0.3) is 10.8 Å². The minimum Gasteiger partial charge on any atom is -0.332 e. The number of thiazole rings is 1. The van der Waals surface area contributed by atoms with Gasteiger partial charge in [0.2, 0.25) is 0 Å². The molecule has 1 atom stereocenters. The van der Waals surface area contributed by atoms with Gasteiger partial charge in [-0.05, 0) is 19.9 Å². The molecule has 0 saturated carbocycles. The zero-order valence-corrected chi connectivity index (χ0v) is 11.3. The molecular formula is C12H18N4S. The quantitative estimate of drug-likeness (QED) is 0.887. The summed E-state index contributed by atoms with van der Waals surface area (Å²) >= 11 is 1.71. The summed E-state index contributed by atoms with van der Waals surface area (Å²) in [6.45, 7) is 5.38. The molecule has 0 amide bonds. The van der Waals surface area contributed by atoms with Gasteiger partial charge in [-0.1, -0.05) is 6.92 Å². The van der Waals surface area contributed by atoms with Gasteiger partial charge in [0, 0.05) is 36.6 Å². The molecule has 0 fully saturated rings. The van der Waals surface area contributed by atoms with Gasteiger partial charge in [-0.15, -0.1) is 11.3 Å². The van der Waals surface area contributed by atoms with Crippen LogP contribution in [0, 0.1) is 0 Å². The van der Waals surface area contributed by atoms with Gasteiger partial charge in [0.25, 0.3) is 0 Å². The van der Waals surface area contributed by atoms with Gasteiger partial charge in [-0.2, -0.15) is 0 Å². The number of nitrogens with zero attached hydrogens (tertiary/aromatic N) is 3. The average molecular weight is 250 g/mol. The fourth-order valence-corrected chi connectivity index (χ4v) is 2.61. The maximum atomic E-state index is 4.44. The molecule has 92 valence electrons. The highest BCUT2D eigenvalue weighted by molar-refractivity contribution is 7.15. The van der Waals surface area contributed by atoms with Crippen LogP contribution in [0.1, 0.15) is 31.2 Å². The van der Waals surface area contributed by atoms with E-state index in [2.05, 4.69) is 29.1 Å². The topological polar surface area (TPSA) is 42.7 Å². The van der Waals surface area contributed by atoms with Crippen LogP contribution >= 0.6 is 11.3 Å². The molecule has 1 unspecified atom stereocenters. The Labute approximate surface area is 106 Å². The minimum absolute atomic E-state index is 0.362. The number of nitrogens with one attached hydrogen (secondary N) is 1. The molecule has 0 aliphatic rings. The van der Waals surface area contributed by atoms with E-state index in [1.807, 2.05) is 24.0 Å². The predicted molar refractivity (Wildman–Crippen MR) is 71.0 cm³/mol. The second kappa shape index (κ2) is 5.42. The van der Waals surface area contributed by atoms with Crippen LogP contribution in [0.3, 0.4) is 0 Å². The first kappa shape index (κ1) is 12.3. The first-order valence-electron chi connectivity index (χ1n) is 5.89. The average Bonchev–Trinajstić information content (AvgIpc) is 2.93. The second-order valence-corrected chi connectivity index (χ2v) is 5.17. The summed E-state index contributed by atoms with van der Waals surface area (Å²) in [6, 6.07) is 0.362. The van der Waals surface area contributed by atoms with Crippen LogP contribution in [0.5, 0.6) is 0 Å². The van der Waals surface area contributed by atoms with Crippen molar-refractivity contribution in [3.63, 3.8) is 0 Å². The smallest absolute Gasteiger partial charge is 0.168 e. The molecule has 17 heavy (non-hydrogen) atoms. The maximum Gasteiger partial charge on any atom is 0.168 e. The molecule has 4 nitrogen and oxygen atoms in total. The fraction of sp³-hybridized carbons (Fsp3) is 0.500. The summed E-state index contributed by atoms with van der Waals surface area (Å²) in [6.07, 6.45) is 6.84. The molecule has 0 aliphatic heterocycles. The van der Waals surface area contributed by atoms with Crippen LogP contribution < -0.4 is 5.32 Å². The van der Waals surface area contributed by atoms with Gasteiger partial charge in [0.05, 0.1) is 0 Å². The van der Waals surface area contributed by atoms with E-state index in [0.29, 0.717) is 6.04 Å². The highest BCUT2D eigenvalue weighted by atomic mass is 32.1. The minimum atomic E-state index is 0.362. The van der Waals surface area contributed by atoms with Crippen molar-refractivity contribution in [1.29, 1.82) is 0 Å². The maximum absolute atomic E-state index is 4.44. The zero-order chi connectivity index (χ0) is 12.3. The number of rotatable bonds is 5. The molecule has 0 bridgehead atoms. The molecule has 0 saturated heterocycles. The van der Waals surface area contributed by atoms with E-state index in [0.717, 1.165) is 23.8 Å². The first-order valence-corrected chi connectivity index (χ1v) is 6.70. The Balaban J connectivity index is 2.13. The van der Waals surface area contributed by atoms with Crippen molar-refractivity contribution in [2.75, 3.05) is 6.54 Å². The van der Waals surface area contributed by atoms with Gasteiger partial charge in [0.1, 0.15) is 0 Å². The lowest BCUT2D eigenvalue weighted by atomic mass is 10.3. The van der Waals surface area contributed by atoms with Crippen LogP contribution in [0.2, 0.25) is 0 Å². The highest BCUT2D eigenvalue weighted by Crippen LogP contribution is 2.27. The van der Waals surface area contributed by atoms with E-state index in [4.69, 9.17) is 0 Å². The second-order valence-electron chi connectivity index (χ2n) is 4.11. The van der Waals surface area contributed by atoms with Crippen molar-refractivity contribution < 1.29 is 0 Å². The SMILES string of the molecule is CCCNC(C)c1cnc(-c2nccn2C)s1. The van der Waals surface area contributed by atoms with Crippen molar-refractivity contribution in [1.82, 2.24) is 19.9 Å². The van der Waals surface area contributed by atoms with Crippen LogP contribution in [0.4, 0.5) is 0 Å². The number of aromatic nitrogens is 3. The zero-order valence-electron chi connectivity index (χ0n) is 10.5. The molecule has 1 N–H and O–H groups in total. The Morgan fingerprint density at radius 1 is 1.47 bits per heavy atom. The largest absolute Gasteiger partial charge is 0.332 e. The molecule has 0 aromatic carbocycles. The van der Waals surface area contributed by atoms with Crippen LogP contribution in [-0.2, 0) is 7.05 Å². The van der Waals surface area contributed by atoms with E-state index < -0.39 is 0 Å².